The van der Waals surface area contributed by atoms with Gasteiger partial charge < -0.3 is 10.2 Å². The monoisotopic (exact) mass is 254 g/mol. The molecule has 1 aliphatic heterocycles. The van der Waals surface area contributed by atoms with Crippen molar-refractivity contribution >= 4 is 0 Å². The van der Waals surface area contributed by atoms with E-state index in [4.69, 9.17) is 0 Å². The van der Waals surface area contributed by atoms with E-state index in [0.29, 0.717) is 5.41 Å². The summed E-state index contributed by atoms with van der Waals surface area (Å²) in [5.41, 5.74) is 0.625. The van der Waals surface area contributed by atoms with Gasteiger partial charge in [-0.2, -0.15) is 0 Å². The molecule has 0 aliphatic carbocycles. The van der Waals surface area contributed by atoms with Crippen molar-refractivity contribution in [2.45, 2.75) is 66.3 Å². The minimum absolute atomic E-state index is 0.625. The van der Waals surface area contributed by atoms with Crippen LogP contribution in [0.5, 0.6) is 0 Å². The lowest BCUT2D eigenvalue weighted by Gasteiger charge is -2.29. The Labute approximate surface area is 115 Å². The van der Waals surface area contributed by atoms with E-state index < -0.39 is 0 Å². The highest BCUT2D eigenvalue weighted by molar-refractivity contribution is 4.89. The second kappa shape index (κ2) is 7.49. The fourth-order valence-electron chi connectivity index (χ4n) is 3.06. The Bertz CT molecular complexity index is 221. The lowest BCUT2D eigenvalue weighted by Crippen LogP contribution is -2.36. The van der Waals surface area contributed by atoms with Crippen LogP contribution in [0.4, 0.5) is 0 Å². The Kier molecular flexibility index (Phi) is 6.65. The van der Waals surface area contributed by atoms with Crippen molar-refractivity contribution in [3.8, 4) is 0 Å². The van der Waals surface area contributed by atoms with E-state index in [1.807, 2.05) is 0 Å². The van der Waals surface area contributed by atoms with Crippen LogP contribution in [0.1, 0.15) is 60.3 Å². The molecule has 0 radical (unpaired) electrons. The first-order valence-electron chi connectivity index (χ1n) is 7.97. The van der Waals surface area contributed by atoms with Crippen LogP contribution in [0, 0.1) is 11.3 Å². The third-order valence-electron chi connectivity index (χ3n) is 4.88. The van der Waals surface area contributed by atoms with Gasteiger partial charge in [0, 0.05) is 12.6 Å². The summed E-state index contributed by atoms with van der Waals surface area (Å²) in [5.74, 6) is 0.764. The Morgan fingerprint density at radius 1 is 1.17 bits per heavy atom. The van der Waals surface area contributed by atoms with Crippen molar-refractivity contribution in [3.05, 3.63) is 0 Å². The Morgan fingerprint density at radius 3 is 2.33 bits per heavy atom. The standard InChI is InChI=1S/C16H34N2/c1-6-16(7-2)9-11-18(13-16)15(5)8-10-17-12-14(3)4/h14-15,17H,6-13H2,1-5H3. The Morgan fingerprint density at radius 2 is 1.83 bits per heavy atom. The zero-order chi connectivity index (χ0) is 13.6. The molecule has 2 heteroatoms. The van der Waals surface area contributed by atoms with Gasteiger partial charge in [0.25, 0.3) is 0 Å². The molecule has 1 atom stereocenters. The summed E-state index contributed by atoms with van der Waals surface area (Å²) in [6.07, 6.45) is 5.39. The van der Waals surface area contributed by atoms with Gasteiger partial charge in [-0.15, -0.1) is 0 Å². The van der Waals surface area contributed by atoms with Crippen molar-refractivity contribution in [3.63, 3.8) is 0 Å². The summed E-state index contributed by atoms with van der Waals surface area (Å²) in [7, 11) is 0. The topological polar surface area (TPSA) is 15.3 Å². The molecule has 2 nitrogen and oxygen atoms in total. The predicted molar refractivity (Wildman–Crippen MR) is 81.0 cm³/mol. The molecule has 1 saturated heterocycles. The van der Waals surface area contributed by atoms with Crippen LogP contribution in [0.3, 0.4) is 0 Å². The van der Waals surface area contributed by atoms with Gasteiger partial charge in [-0.1, -0.05) is 27.7 Å². The first-order chi connectivity index (χ1) is 8.53. The van der Waals surface area contributed by atoms with Gasteiger partial charge in [-0.25, -0.2) is 0 Å². The number of rotatable bonds is 8. The molecule has 18 heavy (non-hydrogen) atoms. The average Bonchev–Trinajstić information content (AvgIpc) is 2.79. The Hall–Kier alpha value is -0.0800. The highest BCUT2D eigenvalue weighted by Crippen LogP contribution is 2.37. The van der Waals surface area contributed by atoms with Crippen LogP contribution in [-0.2, 0) is 0 Å². The Balaban J connectivity index is 2.25. The fourth-order valence-corrected chi connectivity index (χ4v) is 3.06. The number of nitrogens with one attached hydrogen (secondary N) is 1. The van der Waals surface area contributed by atoms with Crippen LogP contribution in [0.15, 0.2) is 0 Å². The second-order valence-corrected chi connectivity index (χ2v) is 6.66. The minimum atomic E-state index is 0.625. The molecule has 1 heterocycles. The van der Waals surface area contributed by atoms with Gasteiger partial charge >= 0.3 is 0 Å². The van der Waals surface area contributed by atoms with Crippen LogP contribution < -0.4 is 5.32 Å². The highest BCUT2D eigenvalue weighted by Gasteiger charge is 2.36. The normalized spacial score (nSPS) is 21.7. The molecule has 0 aromatic carbocycles. The van der Waals surface area contributed by atoms with E-state index in [0.717, 1.165) is 18.5 Å². The zero-order valence-corrected chi connectivity index (χ0v) is 13.3. The molecule has 108 valence electrons. The van der Waals surface area contributed by atoms with E-state index in [1.54, 1.807) is 0 Å². The van der Waals surface area contributed by atoms with Crippen LogP contribution in [0.25, 0.3) is 0 Å². The molecular weight excluding hydrogens is 220 g/mol. The summed E-state index contributed by atoms with van der Waals surface area (Å²) in [4.78, 5) is 2.71. The molecule has 0 aromatic rings. The summed E-state index contributed by atoms with van der Waals surface area (Å²) in [6.45, 7) is 16.6. The number of likely N-dealkylation sites (tertiary alicyclic amines) is 1. The van der Waals surface area contributed by atoms with Crippen molar-refractivity contribution in [2.75, 3.05) is 26.2 Å². The van der Waals surface area contributed by atoms with Crippen LogP contribution in [0.2, 0.25) is 0 Å². The molecular formula is C16H34N2. The van der Waals surface area contributed by atoms with E-state index >= 15 is 0 Å². The number of nitrogens with zero attached hydrogens (tertiary/aromatic N) is 1. The maximum absolute atomic E-state index is 3.56. The SMILES string of the molecule is CCC1(CC)CCN(C(C)CCNCC(C)C)C1. The van der Waals surface area contributed by atoms with Crippen LogP contribution in [-0.4, -0.2) is 37.1 Å². The van der Waals surface area contributed by atoms with Crippen molar-refractivity contribution < 1.29 is 0 Å². The quantitative estimate of drug-likeness (QED) is 0.667. The minimum Gasteiger partial charge on any atom is -0.316 e. The summed E-state index contributed by atoms with van der Waals surface area (Å²) >= 11 is 0. The molecule has 1 aliphatic rings. The first-order valence-corrected chi connectivity index (χ1v) is 7.97. The average molecular weight is 254 g/mol. The van der Waals surface area contributed by atoms with Gasteiger partial charge in [0.1, 0.15) is 0 Å². The van der Waals surface area contributed by atoms with E-state index in [9.17, 15) is 0 Å². The maximum Gasteiger partial charge on any atom is 0.00792 e. The van der Waals surface area contributed by atoms with E-state index in [1.165, 1.54) is 45.3 Å². The lowest BCUT2D eigenvalue weighted by atomic mass is 9.82. The molecule has 1 unspecified atom stereocenters. The first kappa shape index (κ1) is 16.0. The number of hydrogen-bond donors (Lipinski definition) is 1. The second-order valence-electron chi connectivity index (χ2n) is 6.66. The fraction of sp³-hybridized carbons (Fsp3) is 1.00. The smallest absolute Gasteiger partial charge is 0.00792 e. The van der Waals surface area contributed by atoms with E-state index in [-0.39, 0.29) is 0 Å². The van der Waals surface area contributed by atoms with Gasteiger partial charge in [-0.3, -0.25) is 0 Å². The summed E-state index contributed by atoms with van der Waals surface area (Å²) < 4.78 is 0. The molecule has 1 N–H and O–H groups in total. The van der Waals surface area contributed by atoms with Gasteiger partial charge in [0.05, 0.1) is 0 Å². The molecule has 0 saturated carbocycles. The van der Waals surface area contributed by atoms with Crippen molar-refractivity contribution in [2.24, 2.45) is 11.3 Å². The predicted octanol–water partition coefficient (Wildman–Crippen LogP) is 3.52. The van der Waals surface area contributed by atoms with Gasteiger partial charge in [0.2, 0.25) is 0 Å². The molecule has 1 rings (SSSR count). The van der Waals surface area contributed by atoms with Gasteiger partial charge in [0.15, 0.2) is 0 Å². The zero-order valence-electron chi connectivity index (χ0n) is 13.3. The van der Waals surface area contributed by atoms with Gasteiger partial charge in [-0.05, 0) is 63.6 Å². The van der Waals surface area contributed by atoms with Crippen molar-refractivity contribution in [1.29, 1.82) is 0 Å². The molecule has 0 amide bonds. The molecule has 1 fully saturated rings. The lowest BCUT2D eigenvalue weighted by molar-refractivity contribution is 0.195. The highest BCUT2D eigenvalue weighted by atomic mass is 15.2. The van der Waals surface area contributed by atoms with E-state index in [2.05, 4.69) is 44.8 Å². The number of hydrogen-bond acceptors (Lipinski definition) is 2. The molecule has 0 spiro atoms. The largest absolute Gasteiger partial charge is 0.316 e. The summed E-state index contributed by atoms with van der Waals surface area (Å²) in [5, 5.41) is 3.56. The molecule has 0 aromatic heterocycles. The third kappa shape index (κ3) is 4.55. The molecule has 0 bridgehead atoms. The third-order valence-corrected chi connectivity index (χ3v) is 4.88. The van der Waals surface area contributed by atoms with Crippen LogP contribution >= 0.6 is 0 Å². The maximum atomic E-state index is 3.56. The van der Waals surface area contributed by atoms with Crippen molar-refractivity contribution in [1.82, 2.24) is 10.2 Å². The summed E-state index contributed by atoms with van der Waals surface area (Å²) in [6, 6.07) is 0.740.